The number of nitrogens with zero attached hydrogens (tertiary/aromatic N) is 5. The van der Waals surface area contributed by atoms with E-state index in [9.17, 15) is 13.6 Å². The van der Waals surface area contributed by atoms with Crippen LogP contribution in [0.25, 0.3) is 0 Å². The molecule has 2 aromatic rings. The number of fused-ring (bicyclic) bond motifs is 1. The van der Waals surface area contributed by atoms with Crippen molar-refractivity contribution >= 4 is 11.7 Å². The Hall–Kier alpha value is -2.45. The molecule has 0 unspecified atom stereocenters. The van der Waals surface area contributed by atoms with Crippen molar-refractivity contribution in [3.05, 3.63) is 29.3 Å². The summed E-state index contributed by atoms with van der Waals surface area (Å²) < 4.78 is 30.3. The number of amides is 2. The van der Waals surface area contributed by atoms with Crippen LogP contribution in [0.15, 0.2) is 12.4 Å². The van der Waals surface area contributed by atoms with Gasteiger partial charge in [0, 0.05) is 31.4 Å². The zero-order valence-corrected chi connectivity index (χ0v) is 17.0. The Morgan fingerprint density at radius 3 is 2.64 bits per heavy atom. The van der Waals surface area contributed by atoms with Crippen LogP contribution in [0.2, 0.25) is 0 Å². The van der Waals surface area contributed by atoms with Gasteiger partial charge in [0.15, 0.2) is 0 Å². The SMILES string of the molecule is CC(C)Cn1ncc(NC(=O)N2Cc3cnn(C)c3CC(C)(C)C2)c1C(F)F. The minimum Gasteiger partial charge on any atom is -0.320 e. The zero-order chi connectivity index (χ0) is 20.6. The average molecular weight is 394 g/mol. The maximum absolute atomic E-state index is 13.6. The molecule has 0 aliphatic carbocycles. The van der Waals surface area contributed by atoms with Gasteiger partial charge in [0.1, 0.15) is 5.69 Å². The minimum absolute atomic E-state index is 0.0640. The summed E-state index contributed by atoms with van der Waals surface area (Å²) in [6.45, 7) is 9.30. The van der Waals surface area contributed by atoms with Gasteiger partial charge >= 0.3 is 6.03 Å². The van der Waals surface area contributed by atoms with Crippen molar-refractivity contribution in [2.75, 3.05) is 11.9 Å². The molecule has 0 aromatic carbocycles. The molecule has 3 heterocycles. The second-order valence-electron chi connectivity index (χ2n) is 8.69. The van der Waals surface area contributed by atoms with Gasteiger partial charge in [-0.15, -0.1) is 0 Å². The smallest absolute Gasteiger partial charge is 0.320 e. The van der Waals surface area contributed by atoms with E-state index in [1.165, 1.54) is 10.9 Å². The van der Waals surface area contributed by atoms with E-state index in [0.717, 1.165) is 17.7 Å². The summed E-state index contributed by atoms with van der Waals surface area (Å²) in [5, 5.41) is 11.0. The van der Waals surface area contributed by atoms with E-state index in [0.29, 0.717) is 19.6 Å². The molecular formula is C19H28F2N6O. The number of urea groups is 1. The topological polar surface area (TPSA) is 68.0 Å². The Labute approximate surface area is 163 Å². The van der Waals surface area contributed by atoms with Crippen LogP contribution in [0.5, 0.6) is 0 Å². The molecule has 154 valence electrons. The van der Waals surface area contributed by atoms with Crippen molar-refractivity contribution in [3.8, 4) is 0 Å². The van der Waals surface area contributed by atoms with Crippen LogP contribution in [-0.4, -0.2) is 37.0 Å². The summed E-state index contributed by atoms with van der Waals surface area (Å²) in [6.07, 6.45) is 1.14. The van der Waals surface area contributed by atoms with Crippen molar-refractivity contribution < 1.29 is 13.6 Å². The Morgan fingerprint density at radius 1 is 1.29 bits per heavy atom. The molecule has 0 fully saturated rings. The van der Waals surface area contributed by atoms with E-state index in [2.05, 4.69) is 29.4 Å². The lowest BCUT2D eigenvalue weighted by molar-refractivity contribution is 0.138. The number of nitrogens with one attached hydrogen (secondary N) is 1. The predicted molar refractivity (Wildman–Crippen MR) is 102 cm³/mol. The van der Waals surface area contributed by atoms with Crippen LogP contribution in [0, 0.1) is 11.3 Å². The van der Waals surface area contributed by atoms with Crippen LogP contribution in [0.3, 0.4) is 0 Å². The number of carbonyl (C=O) groups excluding carboxylic acids is 1. The lowest BCUT2D eigenvalue weighted by Gasteiger charge is -2.29. The van der Waals surface area contributed by atoms with E-state index >= 15 is 0 Å². The highest BCUT2D eigenvalue weighted by molar-refractivity contribution is 5.90. The first-order chi connectivity index (χ1) is 13.1. The predicted octanol–water partition coefficient (Wildman–Crippen LogP) is 3.83. The van der Waals surface area contributed by atoms with E-state index in [1.807, 2.05) is 25.6 Å². The third kappa shape index (κ3) is 4.18. The molecule has 0 bridgehead atoms. The first-order valence-corrected chi connectivity index (χ1v) is 9.47. The van der Waals surface area contributed by atoms with E-state index in [1.54, 1.807) is 11.1 Å². The highest BCUT2D eigenvalue weighted by Crippen LogP contribution is 2.31. The first-order valence-electron chi connectivity index (χ1n) is 9.47. The molecule has 0 radical (unpaired) electrons. The van der Waals surface area contributed by atoms with Crippen LogP contribution in [-0.2, 0) is 26.6 Å². The van der Waals surface area contributed by atoms with Crippen molar-refractivity contribution in [1.29, 1.82) is 0 Å². The molecule has 3 rings (SSSR count). The van der Waals surface area contributed by atoms with E-state index in [-0.39, 0.29) is 22.7 Å². The zero-order valence-electron chi connectivity index (χ0n) is 17.0. The summed E-state index contributed by atoms with van der Waals surface area (Å²) in [4.78, 5) is 14.6. The Morgan fingerprint density at radius 2 is 2.00 bits per heavy atom. The minimum atomic E-state index is -2.72. The van der Waals surface area contributed by atoms with Gasteiger partial charge in [0.05, 0.1) is 24.6 Å². The molecule has 2 aromatic heterocycles. The van der Waals surface area contributed by atoms with Gasteiger partial charge in [-0.3, -0.25) is 9.36 Å². The molecule has 1 aliphatic rings. The number of halogens is 2. The fourth-order valence-electron chi connectivity index (χ4n) is 3.71. The lowest BCUT2D eigenvalue weighted by Crippen LogP contribution is -2.40. The lowest BCUT2D eigenvalue weighted by atomic mass is 9.87. The number of alkyl halides is 2. The summed E-state index contributed by atoms with van der Waals surface area (Å²) in [5.74, 6) is 0.163. The molecule has 1 aliphatic heterocycles. The number of aromatic nitrogens is 4. The molecule has 7 nitrogen and oxygen atoms in total. The highest BCUT2D eigenvalue weighted by atomic mass is 19.3. The average Bonchev–Trinajstić information content (AvgIpc) is 3.06. The monoisotopic (exact) mass is 394 g/mol. The van der Waals surface area contributed by atoms with Gasteiger partial charge in [-0.2, -0.15) is 10.2 Å². The van der Waals surface area contributed by atoms with Gasteiger partial charge in [-0.1, -0.05) is 27.7 Å². The van der Waals surface area contributed by atoms with Gasteiger partial charge in [0.2, 0.25) is 0 Å². The molecule has 0 spiro atoms. The first kappa shape index (κ1) is 20.3. The second kappa shape index (κ2) is 7.52. The Bertz CT molecular complexity index is 855. The van der Waals surface area contributed by atoms with Gasteiger partial charge in [0.25, 0.3) is 6.43 Å². The van der Waals surface area contributed by atoms with Gasteiger partial charge in [-0.05, 0) is 17.8 Å². The second-order valence-corrected chi connectivity index (χ2v) is 8.69. The van der Waals surface area contributed by atoms with Crippen LogP contribution in [0.4, 0.5) is 19.3 Å². The number of aryl methyl sites for hydroxylation is 1. The molecule has 9 heteroatoms. The summed E-state index contributed by atoms with van der Waals surface area (Å²) in [6, 6.07) is -0.407. The molecule has 0 atom stereocenters. The molecular weight excluding hydrogens is 366 g/mol. The normalized spacial score (nSPS) is 16.4. The summed E-state index contributed by atoms with van der Waals surface area (Å²) in [7, 11) is 1.89. The molecule has 2 amide bonds. The van der Waals surface area contributed by atoms with E-state index in [4.69, 9.17) is 0 Å². The highest BCUT2D eigenvalue weighted by Gasteiger charge is 2.33. The quantitative estimate of drug-likeness (QED) is 0.857. The molecule has 0 saturated heterocycles. The molecule has 28 heavy (non-hydrogen) atoms. The number of hydrogen-bond acceptors (Lipinski definition) is 3. The fourth-order valence-corrected chi connectivity index (χ4v) is 3.71. The third-order valence-corrected chi connectivity index (χ3v) is 4.93. The summed E-state index contributed by atoms with van der Waals surface area (Å²) in [5.41, 5.74) is 1.72. The van der Waals surface area contributed by atoms with Gasteiger partial charge in [-0.25, -0.2) is 13.6 Å². The van der Waals surface area contributed by atoms with Crippen LogP contribution >= 0.6 is 0 Å². The van der Waals surface area contributed by atoms with Crippen molar-refractivity contribution in [2.45, 2.75) is 53.6 Å². The third-order valence-electron chi connectivity index (χ3n) is 4.93. The molecule has 1 N–H and O–H groups in total. The van der Waals surface area contributed by atoms with Crippen molar-refractivity contribution in [3.63, 3.8) is 0 Å². The van der Waals surface area contributed by atoms with Crippen LogP contribution in [0.1, 0.15) is 51.1 Å². The summed E-state index contributed by atoms with van der Waals surface area (Å²) >= 11 is 0. The number of carbonyl (C=O) groups is 1. The van der Waals surface area contributed by atoms with E-state index < -0.39 is 12.5 Å². The standard InChI is InChI=1S/C19H28F2N6O/c1-12(2)9-27-16(17(20)21)14(8-23-27)24-18(28)26-10-13-7-22-25(5)15(13)6-19(3,4)11-26/h7-8,12,17H,6,9-11H2,1-5H3,(H,24,28). The largest absolute Gasteiger partial charge is 0.322 e. The number of anilines is 1. The number of hydrogen-bond donors (Lipinski definition) is 1. The van der Waals surface area contributed by atoms with Gasteiger partial charge < -0.3 is 10.2 Å². The van der Waals surface area contributed by atoms with Crippen molar-refractivity contribution in [1.82, 2.24) is 24.5 Å². The van der Waals surface area contributed by atoms with Crippen molar-refractivity contribution in [2.24, 2.45) is 18.4 Å². The van der Waals surface area contributed by atoms with Crippen LogP contribution < -0.4 is 5.32 Å². The molecule has 0 saturated carbocycles. The Kier molecular flexibility index (Phi) is 5.45. The maximum Gasteiger partial charge on any atom is 0.322 e. The Balaban J connectivity index is 1.84. The number of rotatable bonds is 4. The maximum atomic E-state index is 13.6. The fraction of sp³-hybridized carbons (Fsp3) is 0.632.